The first kappa shape index (κ1) is 26.4. The SMILES string of the molecule is CCC(C)(CC(C)(CC(C)(C)C(=O)OCCO)C(=O)O)C(=O)OCC1CCCCC1. The average Bonchev–Trinajstić information content (AvgIpc) is 2.70. The molecule has 2 N–H and O–H groups in total. The van der Waals surface area contributed by atoms with Crippen LogP contribution in [-0.4, -0.2) is 47.9 Å². The Hall–Kier alpha value is -1.63. The van der Waals surface area contributed by atoms with Crippen molar-refractivity contribution < 1.29 is 34.1 Å². The number of aliphatic hydroxyl groups excluding tert-OH is 1. The summed E-state index contributed by atoms with van der Waals surface area (Å²) < 4.78 is 10.7. The fraction of sp³-hybridized carbons (Fsp3) is 0.870. The smallest absolute Gasteiger partial charge is 0.311 e. The van der Waals surface area contributed by atoms with E-state index in [-0.39, 0.29) is 32.0 Å². The maximum Gasteiger partial charge on any atom is 0.311 e. The Kier molecular flexibility index (Phi) is 9.79. The van der Waals surface area contributed by atoms with Crippen LogP contribution in [0.2, 0.25) is 0 Å². The van der Waals surface area contributed by atoms with E-state index in [4.69, 9.17) is 14.6 Å². The first-order valence-corrected chi connectivity index (χ1v) is 11.1. The average molecular weight is 429 g/mol. The molecule has 0 aromatic heterocycles. The molecule has 174 valence electrons. The van der Waals surface area contributed by atoms with E-state index in [1.54, 1.807) is 27.7 Å². The number of aliphatic hydroxyl groups is 1. The van der Waals surface area contributed by atoms with Gasteiger partial charge < -0.3 is 19.7 Å². The zero-order valence-corrected chi connectivity index (χ0v) is 19.3. The molecule has 0 saturated heterocycles. The molecule has 2 atom stereocenters. The lowest BCUT2D eigenvalue weighted by Gasteiger charge is -2.38. The van der Waals surface area contributed by atoms with Gasteiger partial charge in [0.15, 0.2) is 0 Å². The van der Waals surface area contributed by atoms with E-state index >= 15 is 0 Å². The number of carbonyl (C=O) groups excluding carboxylic acids is 2. The second-order valence-electron chi connectivity index (χ2n) is 9.98. The van der Waals surface area contributed by atoms with Crippen LogP contribution in [-0.2, 0) is 23.9 Å². The number of carboxylic acids is 1. The molecule has 1 rings (SSSR count). The number of carbonyl (C=O) groups is 3. The van der Waals surface area contributed by atoms with Crippen molar-refractivity contribution in [1.82, 2.24) is 0 Å². The lowest BCUT2D eigenvalue weighted by atomic mass is 9.65. The van der Waals surface area contributed by atoms with E-state index in [1.165, 1.54) is 6.42 Å². The van der Waals surface area contributed by atoms with Crippen molar-refractivity contribution in [2.24, 2.45) is 22.2 Å². The minimum absolute atomic E-state index is 0.00505. The van der Waals surface area contributed by atoms with Gasteiger partial charge in [-0.1, -0.05) is 26.2 Å². The molecule has 1 saturated carbocycles. The number of hydrogen-bond donors (Lipinski definition) is 2. The quantitative estimate of drug-likeness (QED) is 0.453. The van der Waals surface area contributed by atoms with Crippen molar-refractivity contribution in [2.75, 3.05) is 19.8 Å². The van der Waals surface area contributed by atoms with Gasteiger partial charge in [-0.15, -0.1) is 0 Å². The Bertz CT molecular complexity index is 594. The summed E-state index contributed by atoms with van der Waals surface area (Å²) in [5.41, 5.74) is -3.37. The van der Waals surface area contributed by atoms with Crippen molar-refractivity contribution in [3.05, 3.63) is 0 Å². The molecule has 7 nitrogen and oxygen atoms in total. The monoisotopic (exact) mass is 428 g/mol. The van der Waals surface area contributed by atoms with Crippen molar-refractivity contribution in [1.29, 1.82) is 0 Å². The van der Waals surface area contributed by atoms with Gasteiger partial charge in [-0.3, -0.25) is 14.4 Å². The van der Waals surface area contributed by atoms with Crippen LogP contribution < -0.4 is 0 Å². The van der Waals surface area contributed by atoms with Crippen LogP contribution in [0.5, 0.6) is 0 Å². The zero-order chi connectivity index (χ0) is 23.0. The maximum atomic E-state index is 12.9. The van der Waals surface area contributed by atoms with Crippen LogP contribution in [0.25, 0.3) is 0 Å². The molecule has 0 amide bonds. The molecule has 0 radical (unpaired) electrons. The van der Waals surface area contributed by atoms with Gasteiger partial charge in [0.25, 0.3) is 0 Å². The highest BCUT2D eigenvalue weighted by molar-refractivity contribution is 5.81. The van der Waals surface area contributed by atoms with Gasteiger partial charge in [0, 0.05) is 0 Å². The van der Waals surface area contributed by atoms with Crippen LogP contribution >= 0.6 is 0 Å². The van der Waals surface area contributed by atoms with Gasteiger partial charge >= 0.3 is 17.9 Å². The van der Waals surface area contributed by atoms with Gasteiger partial charge in [0.05, 0.1) is 29.5 Å². The standard InChI is InChI=1S/C23H40O7/c1-6-22(4,20(28)30-14-17-10-8-7-9-11-17)16-23(5,18(25)26)15-21(2,3)19(27)29-13-12-24/h17,24H,6-16H2,1-5H3,(H,25,26). The molecule has 30 heavy (non-hydrogen) atoms. The van der Waals surface area contributed by atoms with Gasteiger partial charge in [-0.25, -0.2) is 0 Å². The summed E-state index contributed by atoms with van der Waals surface area (Å²) in [5.74, 6) is -1.62. The first-order valence-electron chi connectivity index (χ1n) is 11.1. The van der Waals surface area contributed by atoms with E-state index in [2.05, 4.69) is 0 Å². The highest BCUT2D eigenvalue weighted by atomic mass is 16.5. The molecule has 0 spiro atoms. The van der Waals surface area contributed by atoms with Crippen LogP contribution in [0, 0.1) is 22.2 Å². The fourth-order valence-electron chi connectivity index (χ4n) is 4.52. The molecule has 1 fully saturated rings. The minimum Gasteiger partial charge on any atom is -0.481 e. The van der Waals surface area contributed by atoms with E-state index in [0.717, 1.165) is 25.7 Å². The summed E-state index contributed by atoms with van der Waals surface area (Å²) in [6, 6.07) is 0. The largest absolute Gasteiger partial charge is 0.481 e. The molecule has 7 heteroatoms. The Balaban J connectivity index is 2.90. The maximum absolute atomic E-state index is 12.9. The van der Waals surface area contributed by atoms with Crippen molar-refractivity contribution in [2.45, 2.75) is 86.0 Å². The zero-order valence-electron chi connectivity index (χ0n) is 19.3. The van der Waals surface area contributed by atoms with Crippen molar-refractivity contribution in [3.8, 4) is 0 Å². The number of carboxylic acid groups (broad SMARTS) is 1. The molecule has 1 aliphatic rings. The van der Waals surface area contributed by atoms with Gasteiger partial charge in [-0.2, -0.15) is 0 Å². The minimum atomic E-state index is -1.32. The highest BCUT2D eigenvalue weighted by Crippen LogP contribution is 2.45. The number of hydrogen-bond acceptors (Lipinski definition) is 6. The lowest BCUT2D eigenvalue weighted by Crippen LogP contribution is -2.43. The van der Waals surface area contributed by atoms with Gasteiger partial charge in [0.1, 0.15) is 6.61 Å². The third-order valence-corrected chi connectivity index (χ3v) is 6.45. The topological polar surface area (TPSA) is 110 Å². The van der Waals surface area contributed by atoms with Crippen LogP contribution in [0.1, 0.15) is 86.0 Å². The number of rotatable bonds is 12. The normalized spacial score (nSPS) is 19.4. The van der Waals surface area contributed by atoms with Crippen molar-refractivity contribution >= 4 is 17.9 Å². The van der Waals surface area contributed by atoms with E-state index in [1.807, 2.05) is 6.92 Å². The van der Waals surface area contributed by atoms with E-state index in [0.29, 0.717) is 18.9 Å². The molecule has 0 aliphatic heterocycles. The number of esters is 2. The van der Waals surface area contributed by atoms with Crippen LogP contribution in [0.3, 0.4) is 0 Å². The predicted molar refractivity (Wildman–Crippen MR) is 113 cm³/mol. The molecule has 0 aromatic rings. The molecule has 2 unspecified atom stereocenters. The Morgan fingerprint density at radius 2 is 1.50 bits per heavy atom. The lowest BCUT2D eigenvalue weighted by molar-refractivity contribution is -0.166. The summed E-state index contributed by atoms with van der Waals surface area (Å²) >= 11 is 0. The second-order valence-corrected chi connectivity index (χ2v) is 9.98. The third-order valence-electron chi connectivity index (χ3n) is 6.45. The molecule has 0 heterocycles. The van der Waals surface area contributed by atoms with Gasteiger partial charge in [0.2, 0.25) is 0 Å². The highest BCUT2D eigenvalue weighted by Gasteiger charge is 2.49. The van der Waals surface area contributed by atoms with Crippen LogP contribution in [0.15, 0.2) is 0 Å². The predicted octanol–water partition coefficient (Wildman–Crippen LogP) is 3.96. The molecule has 0 bridgehead atoms. The van der Waals surface area contributed by atoms with Crippen LogP contribution in [0.4, 0.5) is 0 Å². The first-order chi connectivity index (χ1) is 13.9. The number of aliphatic carboxylic acids is 1. The molecule has 0 aromatic carbocycles. The summed E-state index contributed by atoms with van der Waals surface area (Å²) in [4.78, 5) is 37.5. The molecular formula is C23H40O7. The molecule has 1 aliphatic carbocycles. The Labute approximate surface area is 180 Å². The van der Waals surface area contributed by atoms with E-state index < -0.39 is 28.2 Å². The fourth-order valence-corrected chi connectivity index (χ4v) is 4.52. The Morgan fingerprint density at radius 1 is 0.900 bits per heavy atom. The summed E-state index contributed by atoms with van der Waals surface area (Å²) in [6.07, 6.45) is 6.17. The van der Waals surface area contributed by atoms with E-state index in [9.17, 15) is 19.5 Å². The number of ether oxygens (including phenoxy) is 2. The van der Waals surface area contributed by atoms with Crippen molar-refractivity contribution in [3.63, 3.8) is 0 Å². The third kappa shape index (κ3) is 7.25. The van der Waals surface area contributed by atoms with Gasteiger partial charge in [-0.05, 0) is 65.7 Å². The summed E-state index contributed by atoms with van der Waals surface area (Å²) in [7, 11) is 0. The second kappa shape index (κ2) is 11.1. The Morgan fingerprint density at radius 3 is 2.00 bits per heavy atom. The summed E-state index contributed by atoms with van der Waals surface area (Å²) in [5, 5.41) is 18.9. The summed E-state index contributed by atoms with van der Waals surface area (Å²) in [6.45, 7) is 8.37. The molecular weight excluding hydrogens is 388 g/mol.